The van der Waals surface area contributed by atoms with Crippen LogP contribution in [0.4, 0.5) is 14.6 Å². The molecular formula is C38H40F2N6O4S. The van der Waals surface area contributed by atoms with Crippen molar-refractivity contribution >= 4 is 37.5 Å². The van der Waals surface area contributed by atoms with Crippen molar-refractivity contribution in [3.63, 3.8) is 0 Å². The van der Waals surface area contributed by atoms with E-state index in [9.17, 15) is 13.5 Å². The van der Waals surface area contributed by atoms with Crippen molar-refractivity contribution in [2.75, 3.05) is 50.5 Å². The van der Waals surface area contributed by atoms with Gasteiger partial charge in [0.25, 0.3) is 0 Å². The highest BCUT2D eigenvalue weighted by molar-refractivity contribution is 7.88. The Kier molecular flexibility index (Phi) is 7.70. The Hall–Kier alpha value is -4.09. The summed E-state index contributed by atoms with van der Waals surface area (Å²) in [5.41, 5.74) is 0.0532. The fourth-order valence-electron chi connectivity index (χ4n) is 9.25. The van der Waals surface area contributed by atoms with E-state index in [1.54, 1.807) is 22.5 Å². The number of halogens is 2. The lowest BCUT2D eigenvalue weighted by Gasteiger charge is -2.40. The van der Waals surface area contributed by atoms with Gasteiger partial charge in [-0.2, -0.15) is 14.3 Å². The van der Waals surface area contributed by atoms with Crippen LogP contribution >= 0.6 is 0 Å². The molecule has 3 aromatic carbocycles. The van der Waals surface area contributed by atoms with Gasteiger partial charge in [-0.1, -0.05) is 18.1 Å². The zero-order valence-corrected chi connectivity index (χ0v) is 29.2. The molecule has 266 valence electrons. The van der Waals surface area contributed by atoms with Crippen LogP contribution in [-0.4, -0.2) is 102 Å². The topological polar surface area (TPSA) is 111 Å². The molecule has 4 aromatic rings. The maximum atomic E-state index is 17.0. The Balaban J connectivity index is 1.08. The van der Waals surface area contributed by atoms with Crippen LogP contribution in [-0.2, 0) is 10.0 Å². The van der Waals surface area contributed by atoms with E-state index in [1.807, 2.05) is 0 Å². The standard InChI is InChI=1S/C38H40F2N6O4S/c1-3-22-5-4-6-23-13-28(47)14-29(32(22)23)33-31(39)15-30-35(34(33)40)42-37(43-36(30)45-16-24-7-8-25(17-45)41-24)50-21-38(11-12-38)20-44-18-26-9-10-27(19-44)46(26)51(2,48)49/h1,4-6,13-15,24-27,41,47H,7-12,16-21H2,2H3. The third-order valence-corrected chi connectivity index (χ3v) is 13.0. The van der Waals surface area contributed by atoms with Crippen LogP contribution in [0.15, 0.2) is 36.4 Å². The summed E-state index contributed by atoms with van der Waals surface area (Å²) in [4.78, 5) is 13.9. The van der Waals surface area contributed by atoms with Crippen LogP contribution in [0.1, 0.15) is 44.1 Å². The Morgan fingerprint density at radius 3 is 2.43 bits per heavy atom. The highest BCUT2D eigenvalue weighted by atomic mass is 32.2. The molecule has 4 atom stereocenters. The average Bonchev–Trinajstić information content (AvgIpc) is 3.68. The number of piperazine rings is 2. The Labute approximate surface area is 295 Å². The number of nitrogens with zero attached hydrogens (tertiary/aromatic N) is 5. The number of ether oxygens (including phenoxy) is 1. The SMILES string of the molecule is C#Cc1cccc2cc(O)cc(-c3c(F)cc4c(N5CC6CCC(C5)N6)nc(OCC5(CN6CC7CCC(C6)N7S(C)(=O)=O)CC5)nc4c3F)c12. The van der Waals surface area contributed by atoms with E-state index in [0.29, 0.717) is 54.9 Å². The first-order valence-corrected chi connectivity index (χ1v) is 19.6. The zero-order chi connectivity index (χ0) is 35.2. The molecule has 9 rings (SSSR count). The number of sulfonamides is 1. The van der Waals surface area contributed by atoms with E-state index in [4.69, 9.17) is 16.1 Å². The lowest BCUT2D eigenvalue weighted by Crippen LogP contribution is -2.56. The number of anilines is 1. The molecule has 0 amide bonds. The van der Waals surface area contributed by atoms with Gasteiger partial charge in [-0.25, -0.2) is 17.2 Å². The van der Waals surface area contributed by atoms with E-state index >= 15 is 8.78 Å². The molecule has 1 saturated carbocycles. The summed E-state index contributed by atoms with van der Waals surface area (Å²) in [7, 11) is -3.26. The van der Waals surface area contributed by atoms with E-state index in [1.165, 1.54) is 24.5 Å². The minimum absolute atomic E-state index is 0.00546. The number of fused-ring (bicyclic) bond motifs is 6. The zero-order valence-electron chi connectivity index (χ0n) is 28.4. The fourth-order valence-corrected chi connectivity index (χ4v) is 10.7. The van der Waals surface area contributed by atoms with Crippen molar-refractivity contribution in [3.05, 3.63) is 53.6 Å². The molecule has 0 spiro atoms. The van der Waals surface area contributed by atoms with Crippen molar-refractivity contribution in [2.45, 2.75) is 62.7 Å². The number of hydrogen-bond donors (Lipinski definition) is 2. The predicted octanol–water partition coefficient (Wildman–Crippen LogP) is 4.62. The number of hydrogen-bond acceptors (Lipinski definition) is 9. The molecule has 1 aromatic heterocycles. The van der Waals surface area contributed by atoms with Crippen LogP contribution in [0.2, 0.25) is 0 Å². The van der Waals surface area contributed by atoms with Crippen LogP contribution < -0.4 is 15.0 Å². The van der Waals surface area contributed by atoms with Gasteiger partial charge in [0.05, 0.1) is 18.4 Å². The first-order chi connectivity index (χ1) is 24.5. The second kappa shape index (κ2) is 12.0. The Bertz CT molecular complexity index is 2220. The highest BCUT2D eigenvalue weighted by Crippen LogP contribution is 2.48. The maximum absolute atomic E-state index is 17.0. The van der Waals surface area contributed by atoms with Crippen molar-refractivity contribution in [2.24, 2.45) is 5.41 Å². The molecular weight excluding hydrogens is 675 g/mol. The van der Waals surface area contributed by atoms with E-state index < -0.39 is 21.7 Å². The Morgan fingerprint density at radius 2 is 1.76 bits per heavy atom. The molecule has 51 heavy (non-hydrogen) atoms. The van der Waals surface area contributed by atoms with Gasteiger partial charge in [-0.3, -0.25) is 4.90 Å². The number of rotatable bonds is 8. The first kappa shape index (κ1) is 32.8. The smallest absolute Gasteiger partial charge is 0.319 e. The van der Waals surface area contributed by atoms with Crippen molar-refractivity contribution in [3.8, 4) is 35.2 Å². The van der Waals surface area contributed by atoms with Gasteiger partial charge >= 0.3 is 6.01 Å². The summed E-state index contributed by atoms with van der Waals surface area (Å²) in [5, 5.41) is 15.5. The van der Waals surface area contributed by atoms with Crippen molar-refractivity contribution in [1.29, 1.82) is 0 Å². The monoisotopic (exact) mass is 714 g/mol. The predicted molar refractivity (Wildman–Crippen MR) is 191 cm³/mol. The van der Waals surface area contributed by atoms with Gasteiger partial charge in [-0.15, -0.1) is 6.42 Å². The summed E-state index contributed by atoms with van der Waals surface area (Å²) in [6, 6.07) is 9.85. The second-order valence-electron chi connectivity index (χ2n) is 15.3. The van der Waals surface area contributed by atoms with Gasteiger partial charge in [0, 0.05) is 84.2 Å². The first-order valence-electron chi connectivity index (χ1n) is 17.8. The van der Waals surface area contributed by atoms with Crippen molar-refractivity contribution < 1.29 is 27.0 Å². The maximum Gasteiger partial charge on any atom is 0.319 e. The summed E-state index contributed by atoms with van der Waals surface area (Å²) in [6.45, 7) is 3.76. The molecule has 4 saturated heterocycles. The van der Waals surface area contributed by atoms with E-state index in [0.717, 1.165) is 45.1 Å². The lowest BCUT2D eigenvalue weighted by atomic mass is 9.93. The summed E-state index contributed by atoms with van der Waals surface area (Å²) in [5.74, 6) is 1.22. The minimum Gasteiger partial charge on any atom is -0.508 e. The molecule has 2 N–H and O–H groups in total. The fraction of sp³-hybridized carbons (Fsp3) is 0.474. The van der Waals surface area contributed by atoms with Gasteiger partial charge in [0.15, 0.2) is 5.82 Å². The molecule has 5 aliphatic rings. The molecule has 5 heterocycles. The van der Waals surface area contributed by atoms with Gasteiger partial charge in [0.1, 0.15) is 22.9 Å². The average molecular weight is 715 g/mol. The summed E-state index contributed by atoms with van der Waals surface area (Å²) >= 11 is 0. The molecule has 5 fully saturated rings. The minimum atomic E-state index is -3.26. The highest BCUT2D eigenvalue weighted by Gasteiger charge is 2.50. The third-order valence-electron chi connectivity index (χ3n) is 11.6. The Morgan fingerprint density at radius 1 is 1.04 bits per heavy atom. The molecule has 4 aliphatic heterocycles. The second-order valence-corrected chi connectivity index (χ2v) is 17.2. The number of likely N-dealkylation sites (tertiary alicyclic amines) is 1. The van der Waals surface area contributed by atoms with Crippen LogP contribution in [0.3, 0.4) is 0 Å². The number of aromatic nitrogens is 2. The number of benzene rings is 3. The quantitative estimate of drug-likeness (QED) is 0.253. The van der Waals surface area contributed by atoms with E-state index in [2.05, 4.69) is 26.0 Å². The number of aromatic hydroxyl groups is 1. The number of phenolic OH excluding ortho intramolecular Hbond substituents is 1. The van der Waals surface area contributed by atoms with E-state index in [-0.39, 0.29) is 63.4 Å². The van der Waals surface area contributed by atoms with Crippen molar-refractivity contribution in [1.82, 2.24) is 24.5 Å². The number of phenols is 1. The molecule has 4 bridgehead atoms. The molecule has 0 radical (unpaired) electrons. The molecule has 1 aliphatic carbocycles. The van der Waals surface area contributed by atoms with Crippen LogP contribution in [0.5, 0.6) is 11.8 Å². The largest absolute Gasteiger partial charge is 0.508 e. The van der Waals surface area contributed by atoms with Gasteiger partial charge in [-0.05, 0) is 68.2 Å². The summed E-state index contributed by atoms with van der Waals surface area (Å²) < 4.78 is 66.2. The van der Waals surface area contributed by atoms with Gasteiger partial charge < -0.3 is 20.1 Å². The summed E-state index contributed by atoms with van der Waals surface area (Å²) in [6.07, 6.45) is 12.8. The normalized spacial score (nSPS) is 25.8. The lowest BCUT2D eigenvalue weighted by molar-refractivity contribution is 0.0907. The molecule has 10 nitrogen and oxygen atoms in total. The van der Waals surface area contributed by atoms with Crippen LogP contribution in [0, 0.1) is 29.4 Å². The number of nitrogens with one attached hydrogen (secondary N) is 1. The number of terminal acetylenes is 1. The van der Waals surface area contributed by atoms with Gasteiger partial charge in [0.2, 0.25) is 10.0 Å². The third kappa shape index (κ3) is 5.77. The van der Waals surface area contributed by atoms with Crippen LogP contribution in [0.25, 0.3) is 32.8 Å². The molecule has 13 heteroatoms. The molecule has 4 unspecified atom stereocenters.